The Morgan fingerprint density at radius 3 is 2.61 bits per heavy atom. The fourth-order valence-corrected chi connectivity index (χ4v) is 2.84. The maximum absolute atomic E-state index is 12.6. The molecule has 0 fully saturated rings. The highest BCUT2D eigenvalue weighted by Gasteiger charge is 2.15. The SMILES string of the molecule is CCCNCc1ccc(Oc2cnn(-c3ccccc3)c(=O)c2Cl)c(OC)c1. The number of methoxy groups -OCH3 is 1. The van der Waals surface area contributed by atoms with E-state index in [9.17, 15) is 4.79 Å². The number of hydrogen-bond donors (Lipinski definition) is 1. The fraction of sp³-hybridized carbons (Fsp3) is 0.238. The summed E-state index contributed by atoms with van der Waals surface area (Å²) >= 11 is 6.26. The van der Waals surface area contributed by atoms with Gasteiger partial charge < -0.3 is 14.8 Å². The minimum Gasteiger partial charge on any atom is -0.493 e. The summed E-state index contributed by atoms with van der Waals surface area (Å²) in [5, 5.41) is 7.46. The van der Waals surface area contributed by atoms with E-state index in [4.69, 9.17) is 21.1 Å². The molecule has 0 aliphatic rings. The molecule has 0 saturated carbocycles. The summed E-state index contributed by atoms with van der Waals surface area (Å²) in [5.74, 6) is 1.19. The maximum atomic E-state index is 12.6. The van der Waals surface area contributed by atoms with E-state index in [0.717, 1.165) is 25.1 Å². The average molecular weight is 400 g/mol. The summed E-state index contributed by atoms with van der Waals surface area (Å²) in [6.45, 7) is 3.80. The molecule has 3 aromatic rings. The summed E-state index contributed by atoms with van der Waals surface area (Å²) in [6, 6.07) is 14.7. The van der Waals surface area contributed by atoms with Crippen LogP contribution in [0.4, 0.5) is 0 Å². The van der Waals surface area contributed by atoms with Crippen molar-refractivity contribution >= 4 is 11.6 Å². The largest absolute Gasteiger partial charge is 0.493 e. The predicted octanol–water partition coefficient (Wildman–Crippen LogP) is 4.19. The van der Waals surface area contributed by atoms with Crippen molar-refractivity contribution in [3.63, 3.8) is 0 Å². The van der Waals surface area contributed by atoms with E-state index in [0.29, 0.717) is 17.2 Å². The Balaban J connectivity index is 1.85. The quantitative estimate of drug-likeness (QED) is 0.575. The molecule has 146 valence electrons. The van der Waals surface area contributed by atoms with Crippen LogP contribution in [0.5, 0.6) is 17.2 Å². The van der Waals surface area contributed by atoms with E-state index in [1.807, 2.05) is 30.3 Å². The molecule has 0 bridgehead atoms. The standard InChI is InChI=1S/C21H22ClN3O3/c1-3-11-23-13-15-9-10-17(18(12-15)27-2)28-19-14-24-25(21(26)20(19)22)16-7-5-4-6-8-16/h4-10,12,14,23H,3,11,13H2,1-2H3. The molecule has 0 aliphatic carbocycles. The Morgan fingerprint density at radius 2 is 1.89 bits per heavy atom. The van der Waals surface area contributed by atoms with Crippen molar-refractivity contribution in [3.05, 3.63) is 75.7 Å². The first-order chi connectivity index (χ1) is 13.6. The number of hydrogen-bond acceptors (Lipinski definition) is 5. The van der Waals surface area contributed by atoms with Gasteiger partial charge in [-0.15, -0.1) is 0 Å². The molecule has 0 saturated heterocycles. The smallest absolute Gasteiger partial charge is 0.294 e. The second kappa shape index (κ2) is 9.39. The molecule has 1 aromatic heterocycles. The van der Waals surface area contributed by atoms with Gasteiger partial charge >= 0.3 is 0 Å². The number of nitrogens with one attached hydrogen (secondary N) is 1. The lowest BCUT2D eigenvalue weighted by Gasteiger charge is -2.13. The first-order valence-electron chi connectivity index (χ1n) is 9.02. The summed E-state index contributed by atoms with van der Waals surface area (Å²) in [6.07, 6.45) is 2.49. The van der Waals surface area contributed by atoms with Crippen LogP contribution in [-0.2, 0) is 6.54 Å². The lowest BCUT2D eigenvalue weighted by molar-refractivity contribution is 0.377. The van der Waals surface area contributed by atoms with Crippen LogP contribution in [0.2, 0.25) is 5.02 Å². The molecule has 0 unspecified atom stereocenters. The van der Waals surface area contributed by atoms with Gasteiger partial charge in [-0.05, 0) is 42.8 Å². The van der Waals surface area contributed by atoms with Gasteiger partial charge in [0.05, 0.1) is 19.0 Å². The van der Waals surface area contributed by atoms with E-state index in [-0.39, 0.29) is 10.8 Å². The molecular weight excluding hydrogens is 378 g/mol. The Hall–Kier alpha value is -2.83. The summed E-state index contributed by atoms with van der Waals surface area (Å²) < 4.78 is 12.5. The molecule has 0 amide bonds. The van der Waals surface area contributed by atoms with E-state index < -0.39 is 5.56 Å². The lowest BCUT2D eigenvalue weighted by atomic mass is 10.2. The molecule has 2 aromatic carbocycles. The van der Waals surface area contributed by atoms with Crippen molar-refractivity contribution in [1.29, 1.82) is 0 Å². The van der Waals surface area contributed by atoms with Gasteiger partial charge in [0.25, 0.3) is 5.56 Å². The zero-order valence-electron chi connectivity index (χ0n) is 15.8. The topological polar surface area (TPSA) is 65.4 Å². The molecule has 0 atom stereocenters. The monoisotopic (exact) mass is 399 g/mol. The fourth-order valence-electron chi connectivity index (χ4n) is 2.68. The Labute approximate surface area is 168 Å². The first-order valence-corrected chi connectivity index (χ1v) is 9.40. The third-order valence-corrected chi connectivity index (χ3v) is 4.44. The molecular formula is C21H22ClN3O3. The Morgan fingerprint density at radius 1 is 1.11 bits per heavy atom. The van der Waals surface area contributed by atoms with Crippen LogP contribution in [0.1, 0.15) is 18.9 Å². The van der Waals surface area contributed by atoms with Crippen molar-refractivity contribution in [3.8, 4) is 22.9 Å². The molecule has 1 N–H and O–H groups in total. The van der Waals surface area contributed by atoms with E-state index >= 15 is 0 Å². The molecule has 1 heterocycles. The van der Waals surface area contributed by atoms with Gasteiger partial charge in [-0.2, -0.15) is 9.78 Å². The van der Waals surface area contributed by atoms with Gasteiger partial charge in [-0.3, -0.25) is 4.79 Å². The van der Waals surface area contributed by atoms with Crippen LogP contribution < -0.4 is 20.3 Å². The van der Waals surface area contributed by atoms with Crippen molar-refractivity contribution in [2.24, 2.45) is 0 Å². The molecule has 7 heteroatoms. The number of ether oxygens (including phenoxy) is 2. The minimum atomic E-state index is -0.454. The van der Waals surface area contributed by atoms with Crippen molar-refractivity contribution in [1.82, 2.24) is 15.1 Å². The van der Waals surface area contributed by atoms with Crippen LogP contribution >= 0.6 is 11.6 Å². The second-order valence-electron chi connectivity index (χ2n) is 6.14. The normalized spacial score (nSPS) is 10.7. The summed E-state index contributed by atoms with van der Waals surface area (Å²) in [7, 11) is 1.57. The van der Waals surface area contributed by atoms with E-state index in [1.54, 1.807) is 25.3 Å². The van der Waals surface area contributed by atoms with Crippen LogP contribution in [0.15, 0.2) is 59.5 Å². The highest BCUT2D eigenvalue weighted by atomic mass is 35.5. The average Bonchev–Trinajstić information content (AvgIpc) is 2.73. The van der Waals surface area contributed by atoms with Crippen molar-refractivity contribution in [2.45, 2.75) is 19.9 Å². The van der Waals surface area contributed by atoms with Crippen LogP contribution in [0.3, 0.4) is 0 Å². The van der Waals surface area contributed by atoms with Crippen LogP contribution in [-0.4, -0.2) is 23.4 Å². The van der Waals surface area contributed by atoms with E-state index in [2.05, 4.69) is 17.3 Å². The third-order valence-electron chi connectivity index (χ3n) is 4.09. The number of para-hydroxylation sites is 1. The molecule has 0 aliphatic heterocycles. The highest BCUT2D eigenvalue weighted by Crippen LogP contribution is 2.34. The van der Waals surface area contributed by atoms with Crippen LogP contribution in [0, 0.1) is 0 Å². The Bertz CT molecular complexity index is 990. The van der Waals surface area contributed by atoms with E-state index in [1.165, 1.54) is 10.9 Å². The molecule has 0 spiro atoms. The predicted molar refractivity (Wildman–Crippen MR) is 110 cm³/mol. The maximum Gasteiger partial charge on any atom is 0.294 e. The van der Waals surface area contributed by atoms with Crippen molar-refractivity contribution in [2.75, 3.05) is 13.7 Å². The number of benzene rings is 2. The zero-order valence-corrected chi connectivity index (χ0v) is 16.6. The third kappa shape index (κ3) is 4.52. The number of aromatic nitrogens is 2. The van der Waals surface area contributed by atoms with Crippen LogP contribution in [0.25, 0.3) is 5.69 Å². The minimum absolute atomic E-state index is 0.0467. The Kier molecular flexibility index (Phi) is 6.68. The molecule has 28 heavy (non-hydrogen) atoms. The number of nitrogens with zero attached hydrogens (tertiary/aromatic N) is 2. The van der Waals surface area contributed by atoms with Gasteiger partial charge in [0.15, 0.2) is 22.3 Å². The van der Waals surface area contributed by atoms with Gasteiger partial charge in [0.2, 0.25) is 0 Å². The first kappa shape index (κ1) is 19.9. The number of halogens is 1. The summed E-state index contributed by atoms with van der Waals surface area (Å²) in [4.78, 5) is 12.6. The molecule has 0 radical (unpaired) electrons. The zero-order chi connectivity index (χ0) is 19.9. The molecule has 6 nitrogen and oxygen atoms in total. The van der Waals surface area contributed by atoms with Gasteiger partial charge in [0, 0.05) is 6.54 Å². The van der Waals surface area contributed by atoms with Gasteiger partial charge in [0.1, 0.15) is 0 Å². The van der Waals surface area contributed by atoms with Crippen molar-refractivity contribution < 1.29 is 9.47 Å². The van der Waals surface area contributed by atoms with Gasteiger partial charge in [-0.1, -0.05) is 42.8 Å². The summed E-state index contributed by atoms with van der Waals surface area (Å²) in [5.41, 5.74) is 1.24. The van der Waals surface area contributed by atoms with Gasteiger partial charge in [-0.25, -0.2) is 0 Å². The highest BCUT2D eigenvalue weighted by molar-refractivity contribution is 6.31. The molecule has 3 rings (SSSR count). The second-order valence-corrected chi connectivity index (χ2v) is 6.52. The number of rotatable bonds is 8. The lowest BCUT2D eigenvalue weighted by Crippen LogP contribution is -2.21.